The van der Waals surface area contributed by atoms with Crippen LogP contribution in [0.1, 0.15) is 0 Å². The molecule has 1 aliphatic heterocycles. The Morgan fingerprint density at radius 3 is 2.17 bits per heavy atom. The van der Waals surface area contributed by atoms with Crippen LogP contribution >= 0.6 is 11.8 Å². The summed E-state index contributed by atoms with van der Waals surface area (Å²) in [6, 6.07) is 25.4. The summed E-state index contributed by atoms with van der Waals surface area (Å²) < 4.78 is 5.80. The monoisotopic (exact) mass is 419 g/mol. The van der Waals surface area contributed by atoms with Crippen molar-refractivity contribution in [3.63, 3.8) is 0 Å². The number of nitrogens with zero attached hydrogens (tertiary/aromatic N) is 2. The maximum atomic E-state index is 12.7. The molecular formula is C24H25N3O2S. The van der Waals surface area contributed by atoms with Crippen molar-refractivity contribution in [1.82, 2.24) is 4.90 Å². The predicted octanol–water partition coefficient (Wildman–Crippen LogP) is 5.55. The second kappa shape index (κ2) is 9.59. The van der Waals surface area contributed by atoms with Gasteiger partial charge in [-0.25, -0.2) is 4.79 Å². The Bertz CT molecular complexity index is 971. The van der Waals surface area contributed by atoms with Gasteiger partial charge in [0.25, 0.3) is 0 Å². The quantitative estimate of drug-likeness (QED) is 0.550. The van der Waals surface area contributed by atoms with Crippen LogP contribution in [0, 0.1) is 0 Å². The average Bonchev–Trinajstić information content (AvgIpc) is 2.81. The Morgan fingerprint density at radius 1 is 0.833 bits per heavy atom. The summed E-state index contributed by atoms with van der Waals surface area (Å²) in [7, 11) is 0. The summed E-state index contributed by atoms with van der Waals surface area (Å²) in [6.07, 6.45) is 2.10. The van der Waals surface area contributed by atoms with Crippen LogP contribution in [-0.4, -0.2) is 43.4 Å². The van der Waals surface area contributed by atoms with Crippen molar-refractivity contribution in [2.75, 3.05) is 42.7 Å². The van der Waals surface area contributed by atoms with Gasteiger partial charge in [-0.15, -0.1) is 11.8 Å². The molecule has 0 aliphatic carbocycles. The molecule has 4 rings (SSSR count). The minimum atomic E-state index is -0.0653. The number of thioether (sulfide) groups is 1. The largest absolute Gasteiger partial charge is 0.457 e. The maximum Gasteiger partial charge on any atom is 0.321 e. The van der Waals surface area contributed by atoms with Gasteiger partial charge in [0.1, 0.15) is 11.5 Å². The number of hydrogen-bond donors (Lipinski definition) is 1. The molecule has 2 amide bonds. The van der Waals surface area contributed by atoms with Gasteiger partial charge in [-0.2, -0.15) is 0 Å². The lowest BCUT2D eigenvalue weighted by Gasteiger charge is -2.36. The van der Waals surface area contributed by atoms with E-state index in [9.17, 15) is 4.79 Å². The Hall–Kier alpha value is -3.12. The van der Waals surface area contributed by atoms with Crippen LogP contribution in [0.4, 0.5) is 16.2 Å². The second-order valence-electron chi connectivity index (χ2n) is 7.02. The van der Waals surface area contributed by atoms with Crippen LogP contribution in [0.25, 0.3) is 0 Å². The highest BCUT2D eigenvalue weighted by molar-refractivity contribution is 7.98. The highest BCUT2D eigenvalue weighted by atomic mass is 32.2. The third-order valence-corrected chi connectivity index (χ3v) is 5.86. The van der Waals surface area contributed by atoms with Crippen LogP contribution in [0.5, 0.6) is 11.5 Å². The summed E-state index contributed by atoms with van der Waals surface area (Å²) in [6.45, 7) is 3.05. The van der Waals surface area contributed by atoms with Gasteiger partial charge in [-0.3, -0.25) is 0 Å². The van der Waals surface area contributed by atoms with E-state index in [4.69, 9.17) is 4.74 Å². The van der Waals surface area contributed by atoms with Crippen LogP contribution in [0.15, 0.2) is 83.8 Å². The van der Waals surface area contributed by atoms with Crippen molar-refractivity contribution in [2.24, 2.45) is 0 Å². The highest BCUT2D eigenvalue weighted by Crippen LogP contribution is 2.29. The molecule has 0 aromatic heterocycles. The normalized spacial score (nSPS) is 13.8. The number of anilines is 2. The van der Waals surface area contributed by atoms with Gasteiger partial charge in [0.05, 0.1) is 5.69 Å². The molecule has 0 saturated carbocycles. The molecule has 30 heavy (non-hydrogen) atoms. The fraction of sp³-hybridized carbons (Fsp3) is 0.208. The lowest BCUT2D eigenvalue weighted by molar-refractivity contribution is 0.208. The number of amides is 2. The fourth-order valence-corrected chi connectivity index (χ4v) is 4.10. The molecule has 0 atom stereocenters. The molecule has 1 saturated heterocycles. The molecule has 3 aromatic carbocycles. The van der Waals surface area contributed by atoms with Gasteiger partial charge in [0, 0.05) is 36.8 Å². The summed E-state index contributed by atoms with van der Waals surface area (Å²) >= 11 is 1.75. The first-order valence-corrected chi connectivity index (χ1v) is 11.2. The molecule has 154 valence electrons. The molecule has 1 aliphatic rings. The Morgan fingerprint density at radius 2 is 1.47 bits per heavy atom. The van der Waals surface area contributed by atoms with Crippen LogP contribution < -0.4 is 15.0 Å². The van der Waals surface area contributed by atoms with Crippen molar-refractivity contribution in [2.45, 2.75) is 4.90 Å². The smallest absolute Gasteiger partial charge is 0.321 e. The lowest BCUT2D eigenvalue weighted by atomic mass is 10.2. The Labute approximate surface area is 181 Å². The number of piperazine rings is 1. The number of benzene rings is 3. The van der Waals surface area contributed by atoms with Crippen molar-refractivity contribution in [1.29, 1.82) is 0 Å². The predicted molar refractivity (Wildman–Crippen MR) is 124 cm³/mol. The first-order chi connectivity index (χ1) is 14.7. The van der Waals surface area contributed by atoms with Crippen molar-refractivity contribution in [3.05, 3.63) is 78.9 Å². The number of carbonyl (C=O) groups is 1. The van der Waals surface area contributed by atoms with Crippen molar-refractivity contribution >= 4 is 29.2 Å². The number of ether oxygens (including phenoxy) is 1. The number of urea groups is 1. The van der Waals surface area contributed by atoms with E-state index in [0.717, 1.165) is 30.3 Å². The average molecular weight is 420 g/mol. The van der Waals surface area contributed by atoms with Gasteiger partial charge in [0.15, 0.2) is 0 Å². The molecule has 6 heteroatoms. The summed E-state index contributed by atoms with van der Waals surface area (Å²) in [5, 5.41) is 2.99. The van der Waals surface area contributed by atoms with Crippen LogP contribution in [-0.2, 0) is 0 Å². The van der Waals surface area contributed by atoms with Gasteiger partial charge in [-0.1, -0.05) is 30.3 Å². The first-order valence-electron chi connectivity index (χ1n) is 10.00. The van der Waals surface area contributed by atoms with Gasteiger partial charge < -0.3 is 19.9 Å². The van der Waals surface area contributed by atoms with E-state index in [0.29, 0.717) is 13.1 Å². The number of carbonyl (C=O) groups excluding carboxylic acids is 1. The number of hydrogen-bond acceptors (Lipinski definition) is 4. The van der Waals surface area contributed by atoms with E-state index in [1.54, 1.807) is 11.8 Å². The van der Waals surface area contributed by atoms with E-state index in [2.05, 4.69) is 40.7 Å². The molecule has 0 spiro atoms. The molecule has 5 nitrogen and oxygen atoms in total. The zero-order valence-electron chi connectivity index (χ0n) is 17.0. The molecule has 1 heterocycles. The van der Waals surface area contributed by atoms with Crippen molar-refractivity contribution in [3.8, 4) is 11.5 Å². The van der Waals surface area contributed by atoms with E-state index in [1.165, 1.54) is 10.6 Å². The van der Waals surface area contributed by atoms with Gasteiger partial charge >= 0.3 is 6.03 Å². The minimum Gasteiger partial charge on any atom is -0.457 e. The third kappa shape index (κ3) is 4.89. The van der Waals surface area contributed by atoms with E-state index >= 15 is 0 Å². The van der Waals surface area contributed by atoms with Crippen molar-refractivity contribution < 1.29 is 9.53 Å². The van der Waals surface area contributed by atoms with E-state index in [-0.39, 0.29) is 6.03 Å². The molecule has 0 bridgehead atoms. The number of nitrogens with one attached hydrogen (secondary N) is 1. The summed E-state index contributed by atoms with van der Waals surface area (Å²) in [4.78, 5) is 18.2. The molecule has 0 unspecified atom stereocenters. The van der Waals surface area contributed by atoms with Gasteiger partial charge in [0.2, 0.25) is 0 Å². The van der Waals surface area contributed by atoms with Crippen LogP contribution in [0.3, 0.4) is 0 Å². The Kier molecular flexibility index (Phi) is 6.44. The summed E-state index contributed by atoms with van der Waals surface area (Å²) in [5.41, 5.74) is 2.01. The third-order valence-electron chi connectivity index (χ3n) is 5.08. The van der Waals surface area contributed by atoms with E-state index in [1.807, 2.05) is 59.5 Å². The minimum absolute atomic E-state index is 0.0653. The molecule has 0 radical (unpaired) electrons. The maximum absolute atomic E-state index is 12.7. The van der Waals surface area contributed by atoms with E-state index < -0.39 is 0 Å². The topological polar surface area (TPSA) is 44.8 Å². The summed E-state index contributed by atoms with van der Waals surface area (Å²) in [5.74, 6) is 1.52. The van der Waals surface area contributed by atoms with Gasteiger partial charge in [-0.05, 0) is 54.8 Å². The SMILES string of the molecule is CSc1ccccc1N1CCN(C(=O)Nc2ccc(Oc3ccccc3)cc2)CC1. The first kappa shape index (κ1) is 20.2. The number of rotatable bonds is 5. The zero-order valence-corrected chi connectivity index (χ0v) is 17.8. The molecule has 1 fully saturated rings. The molecule has 3 aromatic rings. The zero-order chi connectivity index (χ0) is 20.8. The molecular weight excluding hydrogens is 394 g/mol. The fourth-order valence-electron chi connectivity index (χ4n) is 3.47. The van der Waals surface area contributed by atoms with Crippen LogP contribution in [0.2, 0.25) is 0 Å². The number of para-hydroxylation sites is 2. The molecule has 1 N–H and O–H groups in total. The lowest BCUT2D eigenvalue weighted by Crippen LogP contribution is -2.50. The second-order valence-corrected chi connectivity index (χ2v) is 7.86. The highest BCUT2D eigenvalue weighted by Gasteiger charge is 2.22. The Balaban J connectivity index is 1.30. The standard InChI is InChI=1S/C24H25N3O2S/c1-30-23-10-6-5-9-22(23)26-15-17-27(18-16-26)24(28)25-19-11-13-21(14-12-19)29-20-7-3-2-4-8-20/h2-14H,15-18H2,1H3,(H,25,28).